The molecule has 0 aliphatic rings. The summed E-state index contributed by atoms with van der Waals surface area (Å²) in [6.07, 6.45) is 4.01. The Morgan fingerprint density at radius 3 is 2.78 bits per heavy atom. The Morgan fingerprint density at radius 1 is 1.26 bits per heavy atom. The van der Waals surface area contributed by atoms with Gasteiger partial charge in [0.25, 0.3) is 0 Å². The Balaban J connectivity index is 0.00000261. The van der Waals surface area contributed by atoms with E-state index in [1.807, 2.05) is 54.2 Å². The maximum atomic E-state index is 5.43. The number of ether oxygens (including phenoxy) is 1. The second-order valence-electron chi connectivity index (χ2n) is 5.91. The van der Waals surface area contributed by atoms with Gasteiger partial charge in [-0.3, -0.25) is 4.99 Å². The van der Waals surface area contributed by atoms with Crippen LogP contribution in [0.5, 0.6) is 5.75 Å². The van der Waals surface area contributed by atoms with Crippen molar-refractivity contribution in [2.45, 2.75) is 13.1 Å². The summed E-state index contributed by atoms with van der Waals surface area (Å²) in [6, 6.07) is 12.0. The molecule has 0 saturated carbocycles. The molecule has 0 amide bonds. The Labute approximate surface area is 184 Å². The van der Waals surface area contributed by atoms with Gasteiger partial charge in [-0.25, -0.2) is 4.98 Å². The van der Waals surface area contributed by atoms with Crippen molar-refractivity contribution >= 4 is 51.5 Å². The number of methoxy groups -OCH3 is 1. The summed E-state index contributed by atoms with van der Waals surface area (Å²) in [5, 5.41) is 3.37. The third kappa shape index (κ3) is 5.35. The van der Waals surface area contributed by atoms with Gasteiger partial charge in [-0.15, -0.1) is 24.0 Å². The minimum atomic E-state index is 0. The van der Waals surface area contributed by atoms with E-state index in [9.17, 15) is 0 Å². The quantitative estimate of drug-likeness (QED) is 0.301. The number of benzene rings is 1. The van der Waals surface area contributed by atoms with E-state index in [2.05, 4.69) is 42.2 Å². The van der Waals surface area contributed by atoms with E-state index in [-0.39, 0.29) is 24.0 Å². The topological polar surface area (TPSA) is 54.2 Å². The normalized spacial score (nSPS) is 11.2. The van der Waals surface area contributed by atoms with Crippen molar-refractivity contribution in [3.63, 3.8) is 0 Å². The number of halogens is 2. The van der Waals surface area contributed by atoms with Gasteiger partial charge in [0.1, 0.15) is 11.4 Å². The number of guanidine groups is 1. The van der Waals surface area contributed by atoms with Gasteiger partial charge in [0.15, 0.2) is 5.96 Å². The van der Waals surface area contributed by atoms with Crippen LogP contribution in [0.25, 0.3) is 5.65 Å². The number of aliphatic imine (C=N–C) groups is 1. The monoisotopic (exact) mass is 543 g/mol. The molecule has 0 bridgehead atoms. The molecular formula is C19H23BrIN5O. The summed E-state index contributed by atoms with van der Waals surface area (Å²) in [5.74, 6) is 1.68. The van der Waals surface area contributed by atoms with Crippen molar-refractivity contribution in [1.29, 1.82) is 0 Å². The number of aromatic nitrogens is 2. The lowest BCUT2D eigenvalue weighted by Crippen LogP contribution is -2.38. The van der Waals surface area contributed by atoms with Crippen molar-refractivity contribution in [1.82, 2.24) is 19.6 Å². The molecule has 8 heteroatoms. The third-order valence-corrected chi connectivity index (χ3v) is 4.53. The third-order valence-electron chi connectivity index (χ3n) is 4.07. The molecule has 27 heavy (non-hydrogen) atoms. The first kappa shape index (κ1) is 21.5. The standard InChI is InChI=1S/C19H22BrN5O.HI/c1-21-19(24(2)11-14-6-4-5-7-17(14)26-3)22-10-16-13-25-12-15(20)8-9-18(25)23-16;/h4-9,12-13H,10-11H2,1-3H3,(H,21,22);1H. The van der Waals surface area contributed by atoms with Gasteiger partial charge in [0.05, 0.1) is 19.3 Å². The van der Waals surface area contributed by atoms with E-state index >= 15 is 0 Å². The van der Waals surface area contributed by atoms with Crippen LogP contribution in [0.3, 0.4) is 0 Å². The van der Waals surface area contributed by atoms with E-state index < -0.39 is 0 Å². The molecule has 0 aliphatic heterocycles. The second kappa shape index (κ2) is 9.93. The van der Waals surface area contributed by atoms with Gasteiger partial charge < -0.3 is 19.4 Å². The summed E-state index contributed by atoms with van der Waals surface area (Å²) >= 11 is 3.48. The molecule has 0 fully saturated rings. The number of pyridine rings is 1. The summed E-state index contributed by atoms with van der Waals surface area (Å²) in [5.41, 5.74) is 2.98. The molecule has 3 aromatic rings. The number of rotatable bonds is 5. The van der Waals surface area contributed by atoms with Gasteiger partial charge in [-0.2, -0.15) is 0 Å². The first-order valence-electron chi connectivity index (χ1n) is 8.27. The maximum Gasteiger partial charge on any atom is 0.194 e. The zero-order chi connectivity index (χ0) is 18.5. The summed E-state index contributed by atoms with van der Waals surface area (Å²) < 4.78 is 8.45. The Bertz CT molecular complexity index is 927. The van der Waals surface area contributed by atoms with Crippen LogP contribution in [-0.4, -0.2) is 41.4 Å². The van der Waals surface area contributed by atoms with Crippen LogP contribution in [-0.2, 0) is 13.1 Å². The lowest BCUT2D eigenvalue weighted by molar-refractivity contribution is 0.396. The van der Waals surface area contributed by atoms with Gasteiger partial charge in [-0.05, 0) is 34.1 Å². The smallest absolute Gasteiger partial charge is 0.194 e. The molecule has 0 unspecified atom stereocenters. The van der Waals surface area contributed by atoms with E-state index in [1.54, 1.807) is 14.2 Å². The number of fused-ring (bicyclic) bond motifs is 1. The fraction of sp³-hybridized carbons (Fsp3) is 0.263. The first-order valence-corrected chi connectivity index (χ1v) is 9.07. The van der Waals surface area contributed by atoms with Crippen LogP contribution < -0.4 is 10.1 Å². The average molecular weight is 544 g/mol. The largest absolute Gasteiger partial charge is 0.496 e. The molecule has 2 heterocycles. The zero-order valence-electron chi connectivity index (χ0n) is 15.5. The molecule has 3 rings (SSSR count). The zero-order valence-corrected chi connectivity index (χ0v) is 19.4. The van der Waals surface area contributed by atoms with Crippen LogP contribution in [0.15, 0.2) is 58.3 Å². The number of nitrogens with one attached hydrogen (secondary N) is 1. The molecular weight excluding hydrogens is 521 g/mol. The van der Waals surface area contributed by atoms with Crippen LogP contribution >= 0.6 is 39.9 Å². The van der Waals surface area contributed by atoms with E-state index in [0.29, 0.717) is 13.1 Å². The highest BCUT2D eigenvalue weighted by Gasteiger charge is 2.10. The summed E-state index contributed by atoms with van der Waals surface area (Å²) in [7, 11) is 5.47. The molecule has 6 nitrogen and oxygen atoms in total. The van der Waals surface area contributed by atoms with E-state index in [0.717, 1.165) is 33.1 Å². The number of nitrogens with zero attached hydrogens (tertiary/aromatic N) is 4. The lowest BCUT2D eigenvalue weighted by atomic mass is 10.2. The molecule has 1 aromatic carbocycles. The summed E-state index contributed by atoms with van der Waals surface area (Å²) in [6.45, 7) is 1.30. The van der Waals surface area contributed by atoms with Crippen molar-refractivity contribution in [3.8, 4) is 5.75 Å². The fourth-order valence-electron chi connectivity index (χ4n) is 2.82. The highest BCUT2D eigenvalue weighted by Crippen LogP contribution is 2.18. The molecule has 0 aliphatic carbocycles. The van der Waals surface area contributed by atoms with Crippen molar-refractivity contribution in [2.24, 2.45) is 4.99 Å². The number of hydrogen-bond acceptors (Lipinski definition) is 3. The van der Waals surface area contributed by atoms with Crippen LogP contribution in [0.2, 0.25) is 0 Å². The van der Waals surface area contributed by atoms with Gasteiger partial charge >= 0.3 is 0 Å². The molecule has 0 spiro atoms. The first-order chi connectivity index (χ1) is 12.6. The Morgan fingerprint density at radius 2 is 2.04 bits per heavy atom. The molecule has 0 saturated heterocycles. The van der Waals surface area contributed by atoms with Crippen LogP contribution in [0.4, 0.5) is 0 Å². The molecule has 0 radical (unpaired) electrons. The van der Waals surface area contributed by atoms with E-state index in [4.69, 9.17) is 4.74 Å². The minimum Gasteiger partial charge on any atom is -0.496 e. The minimum absolute atomic E-state index is 0. The van der Waals surface area contributed by atoms with Gasteiger partial charge in [0, 0.05) is 43.1 Å². The maximum absolute atomic E-state index is 5.43. The SMILES string of the molecule is CN=C(NCc1cn2cc(Br)ccc2n1)N(C)Cc1ccccc1OC.I. The number of imidazole rings is 1. The lowest BCUT2D eigenvalue weighted by Gasteiger charge is -2.22. The number of hydrogen-bond donors (Lipinski definition) is 1. The second-order valence-corrected chi connectivity index (χ2v) is 6.83. The van der Waals surface area contributed by atoms with Crippen molar-refractivity contribution < 1.29 is 4.74 Å². The Kier molecular flexibility index (Phi) is 7.91. The number of para-hydroxylation sites is 1. The predicted molar refractivity (Wildman–Crippen MR) is 123 cm³/mol. The fourth-order valence-corrected chi connectivity index (χ4v) is 3.17. The predicted octanol–water partition coefficient (Wildman–Crippen LogP) is 3.93. The van der Waals surface area contributed by atoms with Gasteiger partial charge in [-0.1, -0.05) is 18.2 Å². The van der Waals surface area contributed by atoms with Crippen molar-refractivity contribution in [2.75, 3.05) is 21.2 Å². The molecule has 2 aromatic heterocycles. The average Bonchev–Trinajstić information content (AvgIpc) is 3.04. The van der Waals surface area contributed by atoms with Gasteiger partial charge in [0.2, 0.25) is 0 Å². The molecule has 1 N–H and O–H groups in total. The van der Waals surface area contributed by atoms with E-state index in [1.165, 1.54) is 0 Å². The molecule has 0 atom stereocenters. The van der Waals surface area contributed by atoms with Crippen LogP contribution in [0.1, 0.15) is 11.3 Å². The highest BCUT2D eigenvalue weighted by atomic mass is 127. The Hall–Kier alpha value is -1.81. The van der Waals surface area contributed by atoms with Crippen LogP contribution in [0, 0.1) is 0 Å². The summed E-state index contributed by atoms with van der Waals surface area (Å²) in [4.78, 5) is 11.0. The van der Waals surface area contributed by atoms with Crippen molar-refractivity contribution in [3.05, 3.63) is 64.5 Å². The molecule has 144 valence electrons. The highest BCUT2D eigenvalue weighted by molar-refractivity contribution is 14.0.